The maximum absolute atomic E-state index is 4.53. The fourth-order valence-corrected chi connectivity index (χ4v) is 2.76. The molecule has 0 amide bonds. The molecule has 0 spiro atoms. The lowest BCUT2D eigenvalue weighted by molar-refractivity contribution is 0.755. The summed E-state index contributed by atoms with van der Waals surface area (Å²) in [5, 5.41) is 15.1. The third-order valence-corrected chi connectivity index (χ3v) is 3.65. The van der Waals surface area contributed by atoms with Crippen LogP contribution < -0.4 is 5.32 Å². The molecule has 6 nitrogen and oxygen atoms in total. The summed E-state index contributed by atoms with van der Waals surface area (Å²) >= 11 is 0. The van der Waals surface area contributed by atoms with E-state index in [1.165, 1.54) is 5.56 Å². The van der Waals surface area contributed by atoms with E-state index in [4.69, 9.17) is 0 Å². The van der Waals surface area contributed by atoms with Gasteiger partial charge in [-0.05, 0) is 31.5 Å². The van der Waals surface area contributed by atoms with E-state index in [-0.39, 0.29) is 0 Å². The second kappa shape index (κ2) is 5.29. The topological polar surface area (TPSA) is 70.9 Å². The van der Waals surface area contributed by atoms with Crippen molar-refractivity contribution >= 4 is 5.65 Å². The van der Waals surface area contributed by atoms with E-state index < -0.39 is 0 Å². The van der Waals surface area contributed by atoms with Crippen LogP contribution in [0.15, 0.2) is 18.6 Å². The predicted octanol–water partition coefficient (Wildman–Crippen LogP) is 2.27. The van der Waals surface area contributed by atoms with Gasteiger partial charge in [0.1, 0.15) is 6.33 Å². The van der Waals surface area contributed by atoms with Crippen molar-refractivity contribution in [1.29, 1.82) is 0 Å². The summed E-state index contributed by atoms with van der Waals surface area (Å²) in [4.78, 5) is 4.26. The molecular weight excluding hydrogens is 264 g/mol. The smallest absolute Gasteiger partial charge is 0.158 e. The highest BCUT2D eigenvalue weighted by molar-refractivity contribution is 5.67. The Morgan fingerprint density at radius 2 is 2.19 bits per heavy atom. The lowest BCUT2D eigenvalue weighted by Crippen LogP contribution is -2.08. The molecule has 6 heteroatoms. The van der Waals surface area contributed by atoms with Crippen molar-refractivity contribution in [2.45, 2.75) is 33.2 Å². The first-order valence-corrected chi connectivity index (χ1v) is 7.14. The Hall–Kier alpha value is -2.21. The third-order valence-electron chi connectivity index (χ3n) is 3.65. The van der Waals surface area contributed by atoms with Gasteiger partial charge >= 0.3 is 0 Å². The van der Waals surface area contributed by atoms with E-state index in [0.29, 0.717) is 5.92 Å². The minimum atomic E-state index is 0.397. The van der Waals surface area contributed by atoms with Gasteiger partial charge in [0.2, 0.25) is 0 Å². The number of H-pyrrole nitrogens is 1. The Morgan fingerprint density at radius 1 is 1.38 bits per heavy atom. The van der Waals surface area contributed by atoms with Crippen LogP contribution in [0.2, 0.25) is 0 Å². The average Bonchev–Trinajstić information content (AvgIpc) is 3.05. The van der Waals surface area contributed by atoms with E-state index in [1.54, 1.807) is 10.8 Å². The molecule has 2 N–H and O–H groups in total. The molecule has 0 saturated carbocycles. The zero-order valence-electron chi connectivity index (χ0n) is 12.8. The number of nitrogens with one attached hydrogen (secondary N) is 2. The molecule has 0 aliphatic rings. The van der Waals surface area contributed by atoms with Crippen LogP contribution in [0.1, 0.15) is 36.6 Å². The first-order valence-electron chi connectivity index (χ1n) is 7.14. The summed E-state index contributed by atoms with van der Waals surface area (Å²) in [6.07, 6.45) is 3.56. The maximum atomic E-state index is 4.53. The fraction of sp³-hybridized carbons (Fsp3) is 0.400. The van der Waals surface area contributed by atoms with E-state index >= 15 is 0 Å². The van der Waals surface area contributed by atoms with Gasteiger partial charge in [0, 0.05) is 23.9 Å². The van der Waals surface area contributed by atoms with Crippen molar-refractivity contribution in [3.8, 4) is 11.3 Å². The fourth-order valence-electron chi connectivity index (χ4n) is 2.76. The van der Waals surface area contributed by atoms with E-state index in [2.05, 4.69) is 45.5 Å². The SMILES string of the molecule is CNCc1[nH]nc(-c2cc(C)c3ncnn3c2)c1C(C)C. The molecule has 3 rings (SSSR count). The molecule has 0 aromatic carbocycles. The highest BCUT2D eigenvalue weighted by Gasteiger charge is 2.18. The third kappa shape index (κ3) is 2.31. The van der Waals surface area contributed by atoms with Crippen molar-refractivity contribution in [2.75, 3.05) is 7.05 Å². The molecule has 3 heterocycles. The number of rotatable bonds is 4. The van der Waals surface area contributed by atoms with Gasteiger partial charge in [-0.2, -0.15) is 10.2 Å². The second-order valence-electron chi connectivity index (χ2n) is 5.59. The Labute approximate surface area is 123 Å². The molecular formula is C15H20N6. The molecule has 21 heavy (non-hydrogen) atoms. The molecule has 3 aromatic heterocycles. The van der Waals surface area contributed by atoms with Gasteiger partial charge in [-0.3, -0.25) is 5.10 Å². The molecule has 110 valence electrons. The summed E-state index contributed by atoms with van der Waals surface area (Å²) in [5.41, 5.74) is 6.43. The number of aryl methyl sites for hydroxylation is 1. The van der Waals surface area contributed by atoms with E-state index in [1.807, 2.05) is 20.2 Å². The summed E-state index contributed by atoms with van der Waals surface area (Å²) in [6.45, 7) is 7.21. The van der Waals surface area contributed by atoms with Gasteiger partial charge in [0.25, 0.3) is 0 Å². The zero-order valence-corrected chi connectivity index (χ0v) is 12.8. The monoisotopic (exact) mass is 284 g/mol. The minimum Gasteiger partial charge on any atom is -0.314 e. The van der Waals surface area contributed by atoms with Crippen LogP contribution in [0, 0.1) is 6.92 Å². The normalized spacial score (nSPS) is 11.7. The van der Waals surface area contributed by atoms with Crippen molar-refractivity contribution in [2.24, 2.45) is 0 Å². The van der Waals surface area contributed by atoms with Crippen LogP contribution in [0.25, 0.3) is 16.9 Å². The molecule has 0 saturated heterocycles. The summed E-state index contributed by atoms with van der Waals surface area (Å²) in [7, 11) is 1.94. The number of aromatic nitrogens is 5. The number of pyridine rings is 1. The Morgan fingerprint density at radius 3 is 2.90 bits per heavy atom. The second-order valence-corrected chi connectivity index (χ2v) is 5.59. The molecule has 0 radical (unpaired) electrons. The van der Waals surface area contributed by atoms with Gasteiger partial charge in [-0.15, -0.1) is 0 Å². The van der Waals surface area contributed by atoms with Gasteiger partial charge in [0.05, 0.1) is 11.4 Å². The lowest BCUT2D eigenvalue weighted by Gasteiger charge is -2.10. The van der Waals surface area contributed by atoms with Crippen molar-refractivity contribution in [1.82, 2.24) is 30.1 Å². The molecule has 0 bridgehead atoms. The average molecular weight is 284 g/mol. The van der Waals surface area contributed by atoms with Crippen molar-refractivity contribution in [3.05, 3.63) is 35.4 Å². The zero-order chi connectivity index (χ0) is 15.0. The quantitative estimate of drug-likeness (QED) is 0.771. The maximum Gasteiger partial charge on any atom is 0.158 e. The number of hydrogen-bond acceptors (Lipinski definition) is 4. The molecule has 0 atom stereocenters. The first kappa shape index (κ1) is 13.8. The van der Waals surface area contributed by atoms with Crippen LogP contribution in [0.4, 0.5) is 0 Å². The van der Waals surface area contributed by atoms with E-state index in [0.717, 1.165) is 34.7 Å². The largest absolute Gasteiger partial charge is 0.314 e. The number of nitrogens with zero attached hydrogens (tertiary/aromatic N) is 4. The van der Waals surface area contributed by atoms with Crippen LogP contribution >= 0.6 is 0 Å². The standard InChI is InChI=1S/C15H20N6/c1-9(2)13-12(6-16-4)19-20-14(13)11-5-10(3)15-17-8-18-21(15)7-11/h5,7-9,16H,6H2,1-4H3,(H,19,20). The van der Waals surface area contributed by atoms with Crippen molar-refractivity contribution < 1.29 is 0 Å². The number of hydrogen-bond donors (Lipinski definition) is 2. The summed E-state index contributed by atoms with van der Waals surface area (Å²) in [5.74, 6) is 0.397. The predicted molar refractivity (Wildman–Crippen MR) is 82.2 cm³/mol. The van der Waals surface area contributed by atoms with Crippen LogP contribution in [0.5, 0.6) is 0 Å². The molecule has 0 aliphatic heterocycles. The van der Waals surface area contributed by atoms with Crippen LogP contribution in [-0.2, 0) is 6.54 Å². The Bertz CT molecular complexity index is 768. The highest BCUT2D eigenvalue weighted by atomic mass is 15.3. The van der Waals surface area contributed by atoms with Gasteiger partial charge in [-0.25, -0.2) is 9.50 Å². The van der Waals surface area contributed by atoms with Crippen LogP contribution in [0.3, 0.4) is 0 Å². The number of aromatic amines is 1. The number of fused-ring (bicyclic) bond motifs is 1. The summed E-state index contributed by atoms with van der Waals surface area (Å²) in [6, 6.07) is 2.12. The van der Waals surface area contributed by atoms with Gasteiger partial charge in [-0.1, -0.05) is 13.8 Å². The minimum absolute atomic E-state index is 0.397. The lowest BCUT2D eigenvalue weighted by atomic mass is 9.96. The van der Waals surface area contributed by atoms with E-state index in [9.17, 15) is 0 Å². The van der Waals surface area contributed by atoms with Gasteiger partial charge < -0.3 is 5.32 Å². The molecule has 3 aromatic rings. The van der Waals surface area contributed by atoms with Crippen LogP contribution in [-0.4, -0.2) is 31.8 Å². The first-order chi connectivity index (χ1) is 10.1. The molecule has 0 aliphatic carbocycles. The highest BCUT2D eigenvalue weighted by Crippen LogP contribution is 2.30. The van der Waals surface area contributed by atoms with Gasteiger partial charge in [0.15, 0.2) is 5.65 Å². The van der Waals surface area contributed by atoms with Crippen molar-refractivity contribution in [3.63, 3.8) is 0 Å². The Balaban J connectivity index is 2.17. The molecule has 0 unspecified atom stereocenters. The summed E-state index contributed by atoms with van der Waals surface area (Å²) < 4.78 is 1.81. The molecule has 0 fully saturated rings. The Kier molecular flexibility index (Phi) is 3.47.